The van der Waals surface area contributed by atoms with Gasteiger partial charge in [-0.05, 0) is 62.7 Å². The number of rotatable bonds is 6. The van der Waals surface area contributed by atoms with Crippen molar-refractivity contribution in [3.05, 3.63) is 42.5 Å². The molecule has 2 heterocycles. The van der Waals surface area contributed by atoms with Crippen LogP contribution >= 0.6 is 0 Å². The van der Waals surface area contributed by atoms with Crippen LogP contribution in [0.5, 0.6) is 5.75 Å². The van der Waals surface area contributed by atoms with Crippen molar-refractivity contribution in [2.75, 3.05) is 41.3 Å². The number of anilines is 3. The smallest absolute Gasteiger partial charge is 0.262 e. The summed E-state index contributed by atoms with van der Waals surface area (Å²) in [5.74, 6) is 0.518. The average Bonchev–Trinajstić information content (AvgIpc) is 3.18. The van der Waals surface area contributed by atoms with Crippen LogP contribution in [0.2, 0.25) is 0 Å². The Hall–Kier alpha value is -2.78. The van der Waals surface area contributed by atoms with Gasteiger partial charge in [-0.1, -0.05) is 0 Å². The number of methoxy groups -OCH3 is 1. The van der Waals surface area contributed by atoms with Crippen molar-refractivity contribution in [1.82, 2.24) is 5.32 Å². The molecule has 2 aromatic carbocycles. The van der Waals surface area contributed by atoms with E-state index in [1.807, 2.05) is 12.1 Å². The third-order valence-corrected chi connectivity index (χ3v) is 7.26. The fourth-order valence-electron chi connectivity index (χ4n) is 4.44. The van der Waals surface area contributed by atoms with Crippen LogP contribution in [0, 0.1) is 0 Å². The largest absolute Gasteiger partial charge is 0.495 e. The molecule has 0 aromatic heterocycles. The summed E-state index contributed by atoms with van der Waals surface area (Å²) in [6.45, 7) is 6.60. The monoisotopic (exact) mass is 458 g/mol. The summed E-state index contributed by atoms with van der Waals surface area (Å²) in [6, 6.07) is 12.6. The fraction of sp³-hybridized carbons (Fsp3) is 0.435. The molecule has 1 amide bonds. The number of nitrogens with zero attached hydrogens (tertiary/aromatic N) is 2. The Morgan fingerprint density at radius 3 is 2.28 bits per heavy atom. The molecule has 0 bridgehead atoms. The first-order valence-corrected chi connectivity index (χ1v) is 12.4. The Kier molecular flexibility index (Phi) is 6.30. The predicted molar refractivity (Wildman–Crippen MR) is 126 cm³/mol. The van der Waals surface area contributed by atoms with E-state index in [-0.39, 0.29) is 10.8 Å². The molecule has 8 nitrogen and oxygen atoms in total. The second kappa shape index (κ2) is 8.99. The molecule has 2 atom stereocenters. The first-order chi connectivity index (χ1) is 15.3. The van der Waals surface area contributed by atoms with Gasteiger partial charge in [-0.3, -0.25) is 9.52 Å². The number of nitrogens with one attached hydrogen (secondary N) is 2. The van der Waals surface area contributed by atoms with Crippen molar-refractivity contribution in [3.63, 3.8) is 0 Å². The maximum Gasteiger partial charge on any atom is 0.262 e. The lowest BCUT2D eigenvalue weighted by Gasteiger charge is -2.38. The van der Waals surface area contributed by atoms with Gasteiger partial charge >= 0.3 is 0 Å². The molecule has 172 valence electrons. The Balaban J connectivity index is 1.57. The Morgan fingerprint density at radius 2 is 1.69 bits per heavy atom. The van der Waals surface area contributed by atoms with E-state index in [0.29, 0.717) is 42.2 Å². The summed E-state index contributed by atoms with van der Waals surface area (Å²) < 4.78 is 34.3. The lowest BCUT2D eigenvalue weighted by Crippen LogP contribution is -2.54. The van der Waals surface area contributed by atoms with Crippen molar-refractivity contribution in [1.29, 1.82) is 0 Å². The van der Waals surface area contributed by atoms with Gasteiger partial charge in [0.1, 0.15) is 5.75 Å². The highest BCUT2D eigenvalue weighted by molar-refractivity contribution is 7.92. The molecule has 2 saturated heterocycles. The fourth-order valence-corrected chi connectivity index (χ4v) is 5.50. The van der Waals surface area contributed by atoms with Crippen molar-refractivity contribution >= 4 is 33.0 Å². The standard InChI is InChI=1S/C23H30N4O4S/c1-16-14-26(15-17(2)24-16)19-8-11-22(31-3)21(13-19)25-32(29,30)20-9-6-18(7-10-20)27-12-4-5-23(27)28/h6-11,13,16-17,24-25H,4-5,12,14-15H2,1-3H3/t16-,17+. The maximum absolute atomic E-state index is 13.1. The second-order valence-corrected chi connectivity index (χ2v) is 10.2. The first kappa shape index (κ1) is 22.4. The van der Waals surface area contributed by atoms with Crippen LogP contribution < -0.4 is 24.6 Å². The molecule has 0 unspecified atom stereocenters. The van der Waals surface area contributed by atoms with Gasteiger partial charge in [-0.15, -0.1) is 0 Å². The Morgan fingerprint density at radius 1 is 1.03 bits per heavy atom. The number of ether oxygens (including phenoxy) is 1. The van der Waals surface area contributed by atoms with Gasteiger partial charge < -0.3 is 19.9 Å². The summed E-state index contributed by atoms with van der Waals surface area (Å²) in [4.78, 5) is 16.0. The van der Waals surface area contributed by atoms with E-state index < -0.39 is 10.0 Å². The first-order valence-electron chi connectivity index (χ1n) is 10.9. The summed E-state index contributed by atoms with van der Waals surface area (Å²) in [6.07, 6.45) is 1.35. The van der Waals surface area contributed by atoms with Crippen molar-refractivity contribution in [2.45, 2.75) is 43.7 Å². The van der Waals surface area contributed by atoms with Crippen molar-refractivity contribution in [3.8, 4) is 5.75 Å². The van der Waals surface area contributed by atoms with Crippen LogP contribution in [-0.4, -0.2) is 53.2 Å². The molecule has 0 aliphatic carbocycles. The van der Waals surface area contributed by atoms with Crippen molar-refractivity contribution in [2.24, 2.45) is 0 Å². The van der Waals surface area contributed by atoms with Gasteiger partial charge in [0, 0.05) is 49.5 Å². The second-order valence-electron chi connectivity index (χ2n) is 8.51. The predicted octanol–water partition coefficient (Wildman–Crippen LogP) is 2.81. The lowest BCUT2D eigenvalue weighted by molar-refractivity contribution is -0.117. The third kappa shape index (κ3) is 4.68. The van der Waals surface area contributed by atoms with Crippen LogP contribution in [0.4, 0.5) is 17.1 Å². The minimum atomic E-state index is -3.83. The van der Waals surface area contributed by atoms with Gasteiger partial charge in [-0.25, -0.2) is 8.42 Å². The SMILES string of the molecule is COc1ccc(N2C[C@@H](C)N[C@@H](C)C2)cc1NS(=O)(=O)c1ccc(N2CCCC2=O)cc1. The molecule has 0 spiro atoms. The number of hydrogen-bond acceptors (Lipinski definition) is 6. The van der Waals surface area contributed by atoms with E-state index in [4.69, 9.17) is 4.74 Å². The molecule has 2 fully saturated rings. The average molecular weight is 459 g/mol. The molecular weight excluding hydrogens is 428 g/mol. The van der Waals surface area contributed by atoms with E-state index in [9.17, 15) is 13.2 Å². The van der Waals surface area contributed by atoms with Gasteiger partial charge in [0.15, 0.2) is 0 Å². The highest BCUT2D eigenvalue weighted by Gasteiger charge is 2.24. The number of benzene rings is 2. The number of carbonyl (C=O) groups is 1. The van der Waals surface area contributed by atoms with Crippen LogP contribution in [0.25, 0.3) is 0 Å². The molecule has 2 aromatic rings. The molecule has 0 saturated carbocycles. The lowest BCUT2D eigenvalue weighted by atomic mass is 10.1. The van der Waals surface area contributed by atoms with Gasteiger partial charge in [0.05, 0.1) is 17.7 Å². The van der Waals surface area contributed by atoms with Crippen LogP contribution in [0.3, 0.4) is 0 Å². The summed E-state index contributed by atoms with van der Waals surface area (Å²) in [5, 5.41) is 3.50. The number of sulfonamides is 1. The number of amides is 1. The van der Waals surface area contributed by atoms with Crippen molar-refractivity contribution < 1.29 is 17.9 Å². The molecule has 2 aliphatic heterocycles. The molecule has 2 aliphatic rings. The molecule has 9 heteroatoms. The number of piperazine rings is 1. The molecule has 0 radical (unpaired) electrons. The molecule has 32 heavy (non-hydrogen) atoms. The highest BCUT2D eigenvalue weighted by Crippen LogP contribution is 2.32. The van der Waals surface area contributed by atoms with Gasteiger partial charge in [0.25, 0.3) is 10.0 Å². The van der Waals surface area contributed by atoms with E-state index in [1.165, 1.54) is 19.2 Å². The number of hydrogen-bond donors (Lipinski definition) is 2. The van der Waals surface area contributed by atoms with Crippen LogP contribution in [0.15, 0.2) is 47.4 Å². The maximum atomic E-state index is 13.1. The zero-order valence-corrected chi connectivity index (χ0v) is 19.5. The highest BCUT2D eigenvalue weighted by atomic mass is 32.2. The minimum absolute atomic E-state index is 0.0665. The van der Waals surface area contributed by atoms with Crippen LogP contribution in [0.1, 0.15) is 26.7 Å². The van der Waals surface area contributed by atoms with Gasteiger partial charge in [-0.2, -0.15) is 0 Å². The van der Waals surface area contributed by atoms with E-state index in [1.54, 1.807) is 23.1 Å². The zero-order chi connectivity index (χ0) is 22.9. The Labute approximate surface area is 189 Å². The third-order valence-electron chi connectivity index (χ3n) is 5.88. The zero-order valence-electron chi connectivity index (χ0n) is 18.7. The minimum Gasteiger partial charge on any atom is -0.495 e. The van der Waals surface area contributed by atoms with E-state index in [2.05, 4.69) is 28.8 Å². The van der Waals surface area contributed by atoms with Crippen LogP contribution in [-0.2, 0) is 14.8 Å². The normalized spacial score (nSPS) is 21.7. The molecular formula is C23H30N4O4S. The summed E-state index contributed by atoms with van der Waals surface area (Å²) in [5.41, 5.74) is 2.04. The quantitative estimate of drug-likeness (QED) is 0.692. The van der Waals surface area contributed by atoms with Gasteiger partial charge in [0.2, 0.25) is 5.91 Å². The number of carbonyl (C=O) groups excluding carboxylic acids is 1. The summed E-state index contributed by atoms with van der Waals surface area (Å²) >= 11 is 0. The van der Waals surface area contributed by atoms with E-state index in [0.717, 1.165) is 25.2 Å². The molecule has 2 N–H and O–H groups in total. The van der Waals surface area contributed by atoms with E-state index >= 15 is 0 Å². The Bertz CT molecular complexity index is 1080. The topological polar surface area (TPSA) is 91.0 Å². The molecule has 4 rings (SSSR count). The summed E-state index contributed by atoms with van der Waals surface area (Å²) in [7, 11) is -2.32.